The van der Waals surface area contributed by atoms with Gasteiger partial charge in [0.15, 0.2) is 11.5 Å². The third-order valence-corrected chi connectivity index (χ3v) is 3.10. The van der Waals surface area contributed by atoms with Crippen LogP contribution < -0.4 is 14.8 Å². The minimum Gasteiger partial charge on any atom is -0.469 e. The summed E-state index contributed by atoms with van der Waals surface area (Å²) >= 11 is 0. The molecule has 1 aliphatic heterocycles. The van der Waals surface area contributed by atoms with Crippen molar-refractivity contribution in [2.75, 3.05) is 6.79 Å². The quantitative estimate of drug-likeness (QED) is 0.929. The molecule has 3 rings (SSSR count). The van der Waals surface area contributed by atoms with Gasteiger partial charge in [-0.05, 0) is 37.3 Å². The van der Waals surface area contributed by atoms with Crippen LogP contribution in [-0.2, 0) is 6.42 Å². The number of hydrogen-bond donors (Lipinski definition) is 1. The Morgan fingerprint density at radius 3 is 2.95 bits per heavy atom. The Labute approximate surface area is 116 Å². The number of carbonyl (C=O) groups is 1. The molecule has 104 valence electrons. The molecular weight excluding hydrogens is 258 g/mol. The SMILES string of the molecule is CC(Cc1ccco1)NC(=O)c1ccc2c(c1)OCO2. The first-order valence-electron chi connectivity index (χ1n) is 6.45. The number of fused-ring (bicyclic) bond motifs is 1. The van der Waals surface area contributed by atoms with E-state index in [2.05, 4.69) is 5.32 Å². The summed E-state index contributed by atoms with van der Waals surface area (Å²) in [6.45, 7) is 2.14. The Balaban J connectivity index is 1.64. The van der Waals surface area contributed by atoms with Gasteiger partial charge in [-0.15, -0.1) is 0 Å². The third kappa shape index (κ3) is 2.61. The maximum absolute atomic E-state index is 12.1. The van der Waals surface area contributed by atoms with Crippen molar-refractivity contribution < 1.29 is 18.7 Å². The van der Waals surface area contributed by atoms with E-state index in [0.29, 0.717) is 23.5 Å². The van der Waals surface area contributed by atoms with Crippen molar-refractivity contribution in [3.8, 4) is 11.5 Å². The molecule has 0 aliphatic carbocycles. The van der Waals surface area contributed by atoms with Crippen LogP contribution in [0, 0.1) is 0 Å². The van der Waals surface area contributed by atoms with E-state index in [-0.39, 0.29) is 18.7 Å². The zero-order valence-corrected chi connectivity index (χ0v) is 11.1. The highest BCUT2D eigenvalue weighted by molar-refractivity contribution is 5.95. The predicted octanol–water partition coefficient (Wildman–Crippen LogP) is 2.37. The molecule has 0 radical (unpaired) electrons. The molecule has 1 amide bonds. The van der Waals surface area contributed by atoms with E-state index in [4.69, 9.17) is 13.9 Å². The maximum atomic E-state index is 12.1. The lowest BCUT2D eigenvalue weighted by Crippen LogP contribution is -2.33. The second kappa shape index (κ2) is 5.28. The summed E-state index contributed by atoms with van der Waals surface area (Å²) < 4.78 is 15.7. The fraction of sp³-hybridized carbons (Fsp3) is 0.267. The van der Waals surface area contributed by atoms with Crippen LogP contribution in [0.5, 0.6) is 11.5 Å². The van der Waals surface area contributed by atoms with Gasteiger partial charge in [0.25, 0.3) is 5.91 Å². The molecule has 2 heterocycles. The molecule has 1 atom stereocenters. The van der Waals surface area contributed by atoms with Gasteiger partial charge in [0, 0.05) is 18.0 Å². The van der Waals surface area contributed by atoms with E-state index in [1.807, 2.05) is 19.1 Å². The number of ether oxygens (including phenoxy) is 2. The minimum atomic E-state index is -0.137. The van der Waals surface area contributed by atoms with Gasteiger partial charge in [0.2, 0.25) is 6.79 Å². The molecule has 20 heavy (non-hydrogen) atoms. The molecular formula is C15H15NO4. The van der Waals surface area contributed by atoms with Crippen LogP contribution in [0.1, 0.15) is 23.0 Å². The monoisotopic (exact) mass is 273 g/mol. The Kier molecular flexibility index (Phi) is 3.33. The topological polar surface area (TPSA) is 60.7 Å². The summed E-state index contributed by atoms with van der Waals surface area (Å²) in [4.78, 5) is 12.1. The second-order valence-corrected chi connectivity index (χ2v) is 4.73. The number of amides is 1. The predicted molar refractivity (Wildman–Crippen MR) is 71.9 cm³/mol. The molecule has 5 nitrogen and oxygen atoms in total. The molecule has 0 bridgehead atoms. The van der Waals surface area contributed by atoms with Crippen molar-refractivity contribution in [2.45, 2.75) is 19.4 Å². The Hall–Kier alpha value is -2.43. The van der Waals surface area contributed by atoms with Crippen LogP contribution in [0.4, 0.5) is 0 Å². The van der Waals surface area contributed by atoms with Gasteiger partial charge in [0.1, 0.15) is 5.76 Å². The van der Waals surface area contributed by atoms with Crippen molar-refractivity contribution in [2.24, 2.45) is 0 Å². The maximum Gasteiger partial charge on any atom is 0.251 e. The van der Waals surface area contributed by atoms with Crippen LogP contribution in [0.25, 0.3) is 0 Å². The fourth-order valence-electron chi connectivity index (χ4n) is 2.13. The molecule has 1 aliphatic rings. The summed E-state index contributed by atoms with van der Waals surface area (Å²) in [7, 11) is 0. The Morgan fingerprint density at radius 1 is 1.30 bits per heavy atom. The van der Waals surface area contributed by atoms with Gasteiger partial charge in [-0.25, -0.2) is 0 Å². The van der Waals surface area contributed by atoms with E-state index in [0.717, 1.165) is 5.76 Å². The lowest BCUT2D eigenvalue weighted by atomic mass is 10.1. The summed E-state index contributed by atoms with van der Waals surface area (Å²) in [5, 5.41) is 2.93. The van der Waals surface area contributed by atoms with Crippen molar-refractivity contribution in [3.63, 3.8) is 0 Å². The average Bonchev–Trinajstić information content (AvgIpc) is 3.07. The lowest BCUT2D eigenvalue weighted by Gasteiger charge is -2.12. The highest BCUT2D eigenvalue weighted by Crippen LogP contribution is 2.32. The van der Waals surface area contributed by atoms with E-state index in [1.165, 1.54) is 0 Å². The van der Waals surface area contributed by atoms with Crippen molar-refractivity contribution in [1.82, 2.24) is 5.32 Å². The number of nitrogens with one attached hydrogen (secondary N) is 1. The molecule has 1 aromatic heterocycles. The van der Waals surface area contributed by atoms with E-state index < -0.39 is 0 Å². The Bertz CT molecular complexity index is 606. The molecule has 1 aromatic carbocycles. The smallest absolute Gasteiger partial charge is 0.251 e. The van der Waals surface area contributed by atoms with Gasteiger partial charge < -0.3 is 19.2 Å². The van der Waals surface area contributed by atoms with Crippen LogP contribution in [0.3, 0.4) is 0 Å². The third-order valence-electron chi connectivity index (χ3n) is 3.10. The van der Waals surface area contributed by atoms with Gasteiger partial charge in [0.05, 0.1) is 6.26 Å². The summed E-state index contributed by atoms with van der Waals surface area (Å²) in [6.07, 6.45) is 2.28. The first-order valence-corrected chi connectivity index (χ1v) is 6.45. The average molecular weight is 273 g/mol. The first-order chi connectivity index (χ1) is 9.72. The van der Waals surface area contributed by atoms with Crippen molar-refractivity contribution in [1.29, 1.82) is 0 Å². The summed E-state index contributed by atoms with van der Waals surface area (Å²) in [5.74, 6) is 1.99. The molecule has 1 unspecified atom stereocenters. The number of rotatable bonds is 4. The number of carbonyl (C=O) groups excluding carboxylic acids is 1. The second-order valence-electron chi connectivity index (χ2n) is 4.73. The zero-order valence-electron chi connectivity index (χ0n) is 11.1. The van der Waals surface area contributed by atoms with Gasteiger partial charge >= 0.3 is 0 Å². The molecule has 2 aromatic rings. The lowest BCUT2D eigenvalue weighted by molar-refractivity contribution is 0.0939. The Morgan fingerprint density at radius 2 is 2.15 bits per heavy atom. The van der Waals surface area contributed by atoms with Crippen LogP contribution in [-0.4, -0.2) is 18.7 Å². The number of benzene rings is 1. The molecule has 0 fully saturated rings. The summed E-state index contributed by atoms with van der Waals surface area (Å²) in [6, 6.07) is 8.87. The largest absolute Gasteiger partial charge is 0.469 e. The van der Waals surface area contributed by atoms with E-state index in [9.17, 15) is 4.79 Å². The highest BCUT2D eigenvalue weighted by Gasteiger charge is 2.17. The zero-order chi connectivity index (χ0) is 13.9. The normalized spacial score (nSPS) is 14.1. The minimum absolute atomic E-state index is 0.0147. The summed E-state index contributed by atoms with van der Waals surface area (Å²) in [5.41, 5.74) is 0.556. The van der Waals surface area contributed by atoms with Crippen molar-refractivity contribution in [3.05, 3.63) is 47.9 Å². The van der Waals surface area contributed by atoms with Crippen molar-refractivity contribution >= 4 is 5.91 Å². The number of furan rings is 1. The van der Waals surface area contributed by atoms with Gasteiger partial charge in [-0.1, -0.05) is 0 Å². The number of hydrogen-bond acceptors (Lipinski definition) is 4. The van der Waals surface area contributed by atoms with E-state index >= 15 is 0 Å². The fourth-order valence-corrected chi connectivity index (χ4v) is 2.13. The standard InChI is InChI=1S/C15H15NO4/c1-10(7-12-3-2-6-18-12)16-15(17)11-4-5-13-14(8-11)20-9-19-13/h2-6,8,10H,7,9H2,1H3,(H,16,17). The van der Waals surface area contributed by atoms with E-state index in [1.54, 1.807) is 24.5 Å². The molecule has 0 saturated heterocycles. The molecule has 0 saturated carbocycles. The van der Waals surface area contributed by atoms with Gasteiger partial charge in [-0.2, -0.15) is 0 Å². The van der Waals surface area contributed by atoms with Gasteiger partial charge in [-0.3, -0.25) is 4.79 Å². The highest BCUT2D eigenvalue weighted by atomic mass is 16.7. The first kappa shape index (κ1) is 12.6. The molecule has 5 heteroatoms. The molecule has 0 spiro atoms. The van der Waals surface area contributed by atoms with Crippen LogP contribution >= 0.6 is 0 Å². The molecule has 1 N–H and O–H groups in total. The van der Waals surface area contributed by atoms with Crippen LogP contribution in [0.15, 0.2) is 41.0 Å². The van der Waals surface area contributed by atoms with Crippen LogP contribution in [0.2, 0.25) is 0 Å².